The molecule has 2 aromatic heterocycles. The number of aromatic nitrogens is 2. The Hall–Kier alpha value is -1.95. The highest BCUT2D eigenvalue weighted by atomic mass is 32.1. The molecule has 5 nitrogen and oxygen atoms in total. The zero-order valence-corrected chi connectivity index (χ0v) is 16.7. The molecule has 0 bridgehead atoms. The summed E-state index contributed by atoms with van der Waals surface area (Å²) in [6, 6.07) is 3.91. The highest BCUT2D eigenvalue weighted by Crippen LogP contribution is 2.17. The standard InChI is InChI=1S/C9H17NO2.C8H6N2S.C2H6/c1-9(2,3)12-8(11)10-6-4-5-7-10;1-3-9-4-2-7(1)8-5-11-6-10-8;1-2/h4-7H2,1-3H3;1-6H;1-2H3. The van der Waals surface area contributed by atoms with Gasteiger partial charge in [-0.05, 0) is 45.7 Å². The minimum Gasteiger partial charge on any atom is -0.444 e. The zero-order chi connectivity index (χ0) is 18.7. The number of likely N-dealkylation sites (tertiary alicyclic amines) is 1. The third-order valence-electron chi connectivity index (χ3n) is 3.17. The van der Waals surface area contributed by atoms with Crippen molar-refractivity contribution in [2.45, 2.75) is 53.1 Å². The van der Waals surface area contributed by atoms with E-state index in [1.807, 2.05) is 57.6 Å². The largest absolute Gasteiger partial charge is 0.444 e. The Balaban J connectivity index is 0.000000228. The van der Waals surface area contributed by atoms with Crippen LogP contribution in [0.4, 0.5) is 4.79 Å². The SMILES string of the molecule is CC.CC(C)(C)OC(=O)N1CCCC1.c1cc(-c2cscn2)ccn1. The molecule has 1 aliphatic rings. The molecule has 1 saturated heterocycles. The van der Waals surface area contributed by atoms with Crippen molar-refractivity contribution in [3.05, 3.63) is 35.4 Å². The van der Waals surface area contributed by atoms with Crippen LogP contribution in [0.5, 0.6) is 0 Å². The maximum Gasteiger partial charge on any atom is 0.410 e. The van der Waals surface area contributed by atoms with E-state index in [1.165, 1.54) is 0 Å². The minimum atomic E-state index is -0.361. The number of hydrogen-bond acceptors (Lipinski definition) is 5. The Morgan fingerprint density at radius 1 is 1.16 bits per heavy atom. The number of thiazole rings is 1. The highest BCUT2D eigenvalue weighted by molar-refractivity contribution is 7.07. The van der Waals surface area contributed by atoms with Gasteiger partial charge in [0, 0.05) is 36.4 Å². The first kappa shape index (κ1) is 21.1. The third-order valence-corrected chi connectivity index (χ3v) is 3.75. The predicted molar refractivity (Wildman–Crippen MR) is 104 cm³/mol. The van der Waals surface area contributed by atoms with E-state index in [1.54, 1.807) is 28.6 Å². The Bertz CT molecular complexity index is 589. The van der Waals surface area contributed by atoms with Gasteiger partial charge in [-0.3, -0.25) is 4.98 Å². The molecule has 0 radical (unpaired) electrons. The molecule has 138 valence electrons. The summed E-state index contributed by atoms with van der Waals surface area (Å²) in [5, 5.41) is 2.02. The first-order valence-electron chi connectivity index (χ1n) is 8.72. The van der Waals surface area contributed by atoms with Crippen LogP contribution in [0, 0.1) is 0 Å². The van der Waals surface area contributed by atoms with Gasteiger partial charge in [-0.15, -0.1) is 11.3 Å². The van der Waals surface area contributed by atoms with E-state index in [0.29, 0.717) is 0 Å². The quantitative estimate of drug-likeness (QED) is 0.694. The van der Waals surface area contributed by atoms with Gasteiger partial charge in [-0.2, -0.15) is 0 Å². The van der Waals surface area contributed by atoms with E-state index in [0.717, 1.165) is 37.2 Å². The van der Waals surface area contributed by atoms with Gasteiger partial charge in [0.25, 0.3) is 0 Å². The fourth-order valence-corrected chi connectivity index (χ4v) is 2.67. The molecule has 0 N–H and O–H groups in total. The number of carbonyl (C=O) groups excluding carboxylic acids is 1. The Kier molecular flexibility index (Phi) is 9.13. The summed E-state index contributed by atoms with van der Waals surface area (Å²) in [6.45, 7) is 11.4. The number of ether oxygens (including phenoxy) is 1. The third kappa shape index (κ3) is 8.12. The van der Waals surface area contributed by atoms with Gasteiger partial charge in [0.05, 0.1) is 11.2 Å². The van der Waals surface area contributed by atoms with Gasteiger partial charge in [-0.25, -0.2) is 9.78 Å². The molecule has 0 aromatic carbocycles. The summed E-state index contributed by atoms with van der Waals surface area (Å²) >= 11 is 1.60. The topological polar surface area (TPSA) is 55.3 Å². The predicted octanol–water partition coefficient (Wildman–Crippen LogP) is 5.25. The fourth-order valence-electron chi connectivity index (χ4n) is 2.10. The fraction of sp³-hybridized carbons (Fsp3) is 0.526. The van der Waals surface area contributed by atoms with Gasteiger partial charge in [-0.1, -0.05) is 13.8 Å². The minimum absolute atomic E-state index is 0.167. The molecule has 0 saturated carbocycles. The van der Waals surface area contributed by atoms with Crippen molar-refractivity contribution in [1.29, 1.82) is 0 Å². The van der Waals surface area contributed by atoms with Crippen LogP contribution in [-0.4, -0.2) is 39.7 Å². The van der Waals surface area contributed by atoms with Gasteiger partial charge in [0.2, 0.25) is 0 Å². The number of nitrogens with zero attached hydrogens (tertiary/aromatic N) is 3. The van der Waals surface area contributed by atoms with E-state index >= 15 is 0 Å². The van der Waals surface area contributed by atoms with Crippen LogP contribution in [0.2, 0.25) is 0 Å². The second kappa shape index (κ2) is 10.8. The van der Waals surface area contributed by atoms with Crippen LogP contribution >= 0.6 is 11.3 Å². The van der Waals surface area contributed by atoms with Crippen molar-refractivity contribution in [1.82, 2.24) is 14.9 Å². The highest BCUT2D eigenvalue weighted by Gasteiger charge is 2.23. The van der Waals surface area contributed by atoms with Gasteiger partial charge >= 0.3 is 6.09 Å². The molecule has 0 spiro atoms. The second-order valence-corrected chi connectivity index (χ2v) is 7.00. The van der Waals surface area contributed by atoms with Crippen molar-refractivity contribution in [2.75, 3.05) is 13.1 Å². The maximum absolute atomic E-state index is 11.4. The lowest BCUT2D eigenvalue weighted by molar-refractivity contribution is 0.0295. The maximum atomic E-state index is 11.4. The van der Waals surface area contributed by atoms with Gasteiger partial charge in [0.15, 0.2) is 0 Å². The molecule has 0 aliphatic carbocycles. The van der Waals surface area contributed by atoms with Crippen molar-refractivity contribution in [3.63, 3.8) is 0 Å². The number of carbonyl (C=O) groups is 1. The van der Waals surface area contributed by atoms with Crippen molar-refractivity contribution < 1.29 is 9.53 Å². The lowest BCUT2D eigenvalue weighted by Gasteiger charge is -2.23. The van der Waals surface area contributed by atoms with Crippen LogP contribution in [0.15, 0.2) is 35.4 Å². The smallest absolute Gasteiger partial charge is 0.410 e. The molecule has 25 heavy (non-hydrogen) atoms. The number of rotatable bonds is 1. The first-order chi connectivity index (χ1) is 12.0. The molecular weight excluding hydrogens is 334 g/mol. The van der Waals surface area contributed by atoms with E-state index < -0.39 is 0 Å². The molecule has 0 unspecified atom stereocenters. The van der Waals surface area contributed by atoms with Crippen LogP contribution in [0.3, 0.4) is 0 Å². The Morgan fingerprint density at radius 3 is 2.24 bits per heavy atom. The molecule has 1 amide bonds. The Morgan fingerprint density at radius 2 is 1.76 bits per heavy atom. The molecule has 0 atom stereocenters. The second-order valence-electron chi connectivity index (χ2n) is 6.28. The summed E-state index contributed by atoms with van der Waals surface area (Å²) in [7, 11) is 0. The van der Waals surface area contributed by atoms with Crippen molar-refractivity contribution in [2.24, 2.45) is 0 Å². The summed E-state index contributed by atoms with van der Waals surface area (Å²) in [5.41, 5.74) is 3.62. The monoisotopic (exact) mass is 363 g/mol. The van der Waals surface area contributed by atoms with E-state index in [-0.39, 0.29) is 11.7 Å². The van der Waals surface area contributed by atoms with Crippen LogP contribution in [0.1, 0.15) is 47.5 Å². The summed E-state index contributed by atoms with van der Waals surface area (Å²) < 4.78 is 5.21. The first-order valence-corrected chi connectivity index (χ1v) is 9.66. The lowest BCUT2D eigenvalue weighted by atomic mass is 10.2. The molecule has 6 heteroatoms. The van der Waals surface area contributed by atoms with Crippen molar-refractivity contribution >= 4 is 17.4 Å². The molecule has 3 heterocycles. The number of hydrogen-bond donors (Lipinski definition) is 0. The van der Waals surface area contributed by atoms with E-state index in [9.17, 15) is 4.79 Å². The summed E-state index contributed by atoms with van der Waals surface area (Å²) in [5.74, 6) is 0. The molecule has 3 rings (SSSR count). The zero-order valence-electron chi connectivity index (χ0n) is 15.9. The molecule has 1 aliphatic heterocycles. The Labute approximate surface area is 155 Å². The summed E-state index contributed by atoms with van der Waals surface area (Å²) in [6.07, 6.45) is 5.60. The van der Waals surface area contributed by atoms with Crippen molar-refractivity contribution in [3.8, 4) is 11.3 Å². The van der Waals surface area contributed by atoms with Crippen LogP contribution in [-0.2, 0) is 4.74 Å². The average molecular weight is 364 g/mol. The molecule has 2 aromatic rings. The van der Waals surface area contributed by atoms with Gasteiger partial charge in [0.1, 0.15) is 5.60 Å². The van der Waals surface area contributed by atoms with E-state index in [4.69, 9.17) is 4.74 Å². The van der Waals surface area contributed by atoms with Crippen LogP contribution in [0.25, 0.3) is 11.3 Å². The molecular formula is C19H29N3O2S. The average Bonchev–Trinajstić information content (AvgIpc) is 3.30. The number of pyridine rings is 1. The number of amides is 1. The normalized spacial score (nSPS) is 13.2. The molecule has 1 fully saturated rings. The summed E-state index contributed by atoms with van der Waals surface area (Å²) in [4.78, 5) is 21.2. The van der Waals surface area contributed by atoms with Crippen LogP contribution < -0.4 is 0 Å². The van der Waals surface area contributed by atoms with Gasteiger partial charge < -0.3 is 9.64 Å². The van der Waals surface area contributed by atoms with E-state index in [2.05, 4.69) is 9.97 Å². The lowest BCUT2D eigenvalue weighted by Crippen LogP contribution is -2.34.